The number of nitrogens with two attached hydrogens (primary N) is 1. The smallest absolute Gasteiger partial charge is 0.255 e. The van der Waals surface area contributed by atoms with Crippen LogP contribution in [0.5, 0.6) is 0 Å². The van der Waals surface area contributed by atoms with Crippen molar-refractivity contribution < 1.29 is 9.59 Å². The van der Waals surface area contributed by atoms with Crippen LogP contribution in [0.3, 0.4) is 0 Å². The molecule has 142 valence electrons. The van der Waals surface area contributed by atoms with Crippen LogP contribution in [0.15, 0.2) is 89.4 Å². The van der Waals surface area contributed by atoms with Gasteiger partial charge in [-0.15, -0.1) is 0 Å². The molecule has 28 heavy (non-hydrogen) atoms. The third kappa shape index (κ3) is 4.31. The number of nitrogens with zero attached hydrogens (tertiary/aromatic N) is 1. The zero-order valence-electron chi connectivity index (χ0n) is 15.5. The highest BCUT2D eigenvalue weighted by Gasteiger charge is 2.34. The number of hydrogen-bond acceptors (Lipinski definition) is 2. The van der Waals surface area contributed by atoms with Crippen LogP contribution in [0.1, 0.15) is 40.5 Å². The molecule has 0 unspecified atom stereocenters. The number of amides is 2. The molecule has 5 heteroatoms. The molecule has 2 N–H and O–H groups in total. The van der Waals surface area contributed by atoms with E-state index in [4.69, 9.17) is 5.73 Å². The molecule has 0 saturated carbocycles. The van der Waals surface area contributed by atoms with E-state index < -0.39 is 11.9 Å². The van der Waals surface area contributed by atoms with E-state index in [1.54, 1.807) is 29.2 Å². The molecule has 3 aromatic rings. The Morgan fingerprint density at radius 1 is 0.857 bits per heavy atom. The summed E-state index contributed by atoms with van der Waals surface area (Å²) in [4.78, 5) is 27.5. The van der Waals surface area contributed by atoms with Crippen molar-refractivity contribution in [1.82, 2.24) is 4.90 Å². The summed E-state index contributed by atoms with van der Waals surface area (Å²) in [7, 11) is 0. The van der Waals surface area contributed by atoms with Crippen LogP contribution in [0.4, 0.5) is 0 Å². The molecule has 0 spiro atoms. The van der Waals surface area contributed by atoms with Gasteiger partial charge in [-0.2, -0.15) is 0 Å². The van der Waals surface area contributed by atoms with Gasteiger partial charge >= 0.3 is 0 Å². The predicted octanol–water partition coefficient (Wildman–Crippen LogP) is 4.88. The van der Waals surface area contributed by atoms with Crippen molar-refractivity contribution in [2.45, 2.75) is 19.0 Å². The fourth-order valence-electron chi connectivity index (χ4n) is 3.27. The van der Waals surface area contributed by atoms with Gasteiger partial charge in [0.2, 0.25) is 5.91 Å². The van der Waals surface area contributed by atoms with Crippen molar-refractivity contribution in [3.8, 4) is 0 Å². The normalized spacial score (nSPS) is 12.8. The minimum Gasteiger partial charge on any atom is -0.368 e. The molecular formula is C23H21BrN2O2. The summed E-state index contributed by atoms with van der Waals surface area (Å²) < 4.78 is 0.902. The first kappa shape index (κ1) is 19.8. The summed E-state index contributed by atoms with van der Waals surface area (Å²) in [5.74, 6) is -0.821. The summed E-state index contributed by atoms with van der Waals surface area (Å²) in [6.45, 7) is 1.90. The highest BCUT2D eigenvalue weighted by Crippen LogP contribution is 2.33. The topological polar surface area (TPSA) is 63.4 Å². The van der Waals surface area contributed by atoms with Gasteiger partial charge in [0, 0.05) is 10.0 Å². The summed E-state index contributed by atoms with van der Waals surface area (Å²) in [6.07, 6.45) is 0. The lowest BCUT2D eigenvalue weighted by Gasteiger charge is -2.35. The maximum absolute atomic E-state index is 13.5. The average Bonchev–Trinajstić information content (AvgIpc) is 2.72. The van der Waals surface area contributed by atoms with Crippen LogP contribution in [0.2, 0.25) is 0 Å². The average molecular weight is 437 g/mol. The van der Waals surface area contributed by atoms with Gasteiger partial charge in [0.05, 0.1) is 6.04 Å². The summed E-state index contributed by atoms with van der Waals surface area (Å²) in [6, 6.07) is 24.5. The lowest BCUT2D eigenvalue weighted by molar-refractivity contribution is -0.123. The quantitative estimate of drug-likeness (QED) is 0.598. The predicted molar refractivity (Wildman–Crippen MR) is 114 cm³/mol. The van der Waals surface area contributed by atoms with Crippen LogP contribution >= 0.6 is 15.9 Å². The van der Waals surface area contributed by atoms with E-state index in [2.05, 4.69) is 15.9 Å². The number of halogens is 1. The number of rotatable bonds is 6. The summed E-state index contributed by atoms with van der Waals surface area (Å²) in [5.41, 5.74) is 7.88. The monoisotopic (exact) mass is 436 g/mol. The third-order valence-corrected chi connectivity index (χ3v) is 5.16. The van der Waals surface area contributed by atoms with E-state index in [9.17, 15) is 9.59 Å². The Morgan fingerprint density at radius 2 is 1.43 bits per heavy atom. The van der Waals surface area contributed by atoms with Crippen LogP contribution in [-0.2, 0) is 4.79 Å². The highest BCUT2D eigenvalue weighted by atomic mass is 79.9. The van der Waals surface area contributed by atoms with Gasteiger partial charge in [-0.1, -0.05) is 76.6 Å². The second-order valence-corrected chi connectivity index (χ2v) is 7.44. The van der Waals surface area contributed by atoms with Gasteiger partial charge in [0.15, 0.2) is 0 Å². The molecule has 0 saturated heterocycles. The maximum Gasteiger partial charge on any atom is 0.255 e. The fourth-order valence-corrected chi connectivity index (χ4v) is 3.69. The van der Waals surface area contributed by atoms with E-state index >= 15 is 0 Å². The first-order chi connectivity index (χ1) is 13.5. The Kier molecular flexibility index (Phi) is 6.26. The molecule has 0 fully saturated rings. The minimum atomic E-state index is -0.886. The number of carbonyl (C=O) groups excluding carboxylic acids is 2. The Hall–Kier alpha value is -2.92. The van der Waals surface area contributed by atoms with E-state index in [-0.39, 0.29) is 11.9 Å². The fraction of sp³-hybridized carbons (Fsp3) is 0.130. The Bertz CT molecular complexity index is 961. The maximum atomic E-state index is 13.5. The highest BCUT2D eigenvalue weighted by molar-refractivity contribution is 9.10. The molecule has 0 aromatic heterocycles. The van der Waals surface area contributed by atoms with Crippen LogP contribution in [-0.4, -0.2) is 16.7 Å². The van der Waals surface area contributed by atoms with E-state index in [1.807, 2.05) is 67.6 Å². The third-order valence-electron chi connectivity index (χ3n) is 4.67. The molecule has 0 aliphatic carbocycles. The van der Waals surface area contributed by atoms with Gasteiger partial charge in [-0.05, 0) is 42.3 Å². The van der Waals surface area contributed by atoms with Gasteiger partial charge in [-0.3, -0.25) is 9.59 Å². The zero-order chi connectivity index (χ0) is 20.1. The van der Waals surface area contributed by atoms with Crippen molar-refractivity contribution in [3.05, 3.63) is 106 Å². The van der Waals surface area contributed by atoms with Crippen molar-refractivity contribution in [3.63, 3.8) is 0 Å². The standard InChI is InChI=1S/C23H21BrN2O2/c1-16(19-13-8-14-20(24)15-19)26(23(28)18-11-6-3-7-12-18)21(22(25)27)17-9-4-2-5-10-17/h2-16,21H,1H3,(H2,25,27)/t16-,21-/m1/s1. The van der Waals surface area contributed by atoms with E-state index in [1.165, 1.54) is 0 Å². The van der Waals surface area contributed by atoms with Crippen molar-refractivity contribution >= 4 is 27.7 Å². The molecule has 2 amide bonds. The van der Waals surface area contributed by atoms with Crippen LogP contribution in [0, 0.1) is 0 Å². The second kappa shape index (κ2) is 8.85. The van der Waals surface area contributed by atoms with Crippen molar-refractivity contribution in [2.75, 3.05) is 0 Å². The number of hydrogen-bond donors (Lipinski definition) is 1. The second-order valence-electron chi connectivity index (χ2n) is 6.53. The summed E-state index contributed by atoms with van der Waals surface area (Å²) in [5, 5.41) is 0. The van der Waals surface area contributed by atoms with Crippen LogP contribution < -0.4 is 5.73 Å². The molecule has 0 aliphatic rings. The lowest BCUT2D eigenvalue weighted by atomic mass is 9.98. The molecule has 3 aromatic carbocycles. The van der Waals surface area contributed by atoms with Gasteiger partial charge < -0.3 is 10.6 Å². The lowest BCUT2D eigenvalue weighted by Crippen LogP contribution is -2.43. The first-order valence-corrected chi connectivity index (χ1v) is 9.76. The Balaban J connectivity index is 2.12. The largest absolute Gasteiger partial charge is 0.368 e. The Labute approximate surface area is 173 Å². The SMILES string of the molecule is C[C@H](c1cccc(Br)c1)N(C(=O)c1ccccc1)[C@@H](C(N)=O)c1ccccc1. The molecule has 2 atom stereocenters. The van der Waals surface area contributed by atoms with Crippen LogP contribution in [0.25, 0.3) is 0 Å². The molecular weight excluding hydrogens is 416 g/mol. The number of benzene rings is 3. The molecule has 3 rings (SSSR count). The molecule has 0 bridgehead atoms. The first-order valence-electron chi connectivity index (χ1n) is 8.96. The van der Waals surface area contributed by atoms with Gasteiger partial charge in [0.1, 0.15) is 6.04 Å². The summed E-state index contributed by atoms with van der Waals surface area (Å²) >= 11 is 3.48. The van der Waals surface area contributed by atoms with Crippen molar-refractivity contribution in [2.24, 2.45) is 5.73 Å². The molecule has 0 heterocycles. The number of primary amides is 1. The molecule has 0 radical (unpaired) electrons. The minimum absolute atomic E-state index is 0.249. The van der Waals surface area contributed by atoms with Crippen molar-refractivity contribution in [1.29, 1.82) is 0 Å². The number of carbonyl (C=O) groups is 2. The zero-order valence-corrected chi connectivity index (χ0v) is 17.0. The van der Waals surface area contributed by atoms with E-state index in [0.717, 1.165) is 10.0 Å². The van der Waals surface area contributed by atoms with Gasteiger partial charge in [-0.25, -0.2) is 0 Å². The van der Waals surface area contributed by atoms with E-state index in [0.29, 0.717) is 11.1 Å². The Morgan fingerprint density at radius 3 is 2.00 bits per heavy atom. The molecule has 0 aliphatic heterocycles. The molecule has 4 nitrogen and oxygen atoms in total. The van der Waals surface area contributed by atoms with Gasteiger partial charge in [0.25, 0.3) is 5.91 Å².